The largest absolute Gasteiger partial charge is 0.323 e. The van der Waals surface area contributed by atoms with Gasteiger partial charge in [0, 0.05) is 5.02 Å². The highest BCUT2D eigenvalue weighted by molar-refractivity contribution is 6.37. The van der Waals surface area contributed by atoms with E-state index in [0.29, 0.717) is 33.0 Å². The standard InChI is InChI=1S/C27H18Cl4N2O3/c1-13(23(34)32-20-11-10-14(28)12-19(20)29)33-24(35)21-22(25(33)36)27(31)16-7-3-2-6-15(16)26(21,30)17-8-4-5-9-18(17)27/h2-13,21-22H,1H3,(H,32,34)/t13-,21+,22+,26?,27?/m1/s1. The van der Waals surface area contributed by atoms with E-state index in [1.807, 2.05) is 48.5 Å². The van der Waals surface area contributed by atoms with Gasteiger partial charge in [0.25, 0.3) is 0 Å². The van der Waals surface area contributed by atoms with E-state index in [4.69, 9.17) is 46.4 Å². The number of benzene rings is 3. The number of imide groups is 1. The van der Waals surface area contributed by atoms with Gasteiger partial charge in [-0.3, -0.25) is 19.3 Å². The minimum atomic E-state index is -1.30. The Balaban J connectivity index is 1.44. The SMILES string of the molecule is C[C@H](C(=O)Nc1ccc(Cl)cc1Cl)N1C(=O)[C@@H]2[C@@H](C1=O)C1(Cl)c3ccccc3C2(Cl)c2ccccc21. The van der Waals surface area contributed by atoms with Gasteiger partial charge in [-0.25, -0.2) is 0 Å². The first-order chi connectivity index (χ1) is 17.1. The maximum Gasteiger partial charge on any atom is 0.247 e. The van der Waals surface area contributed by atoms with Crippen LogP contribution in [0.15, 0.2) is 66.7 Å². The molecular formula is C27H18Cl4N2O3. The van der Waals surface area contributed by atoms with Gasteiger partial charge in [-0.15, -0.1) is 23.2 Å². The van der Waals surface area contributed by atoms with E-state index in [9.17, 15) is 14.4 Å². The lowest BCUT2D eigenvalue weighted by Gasteiger charge is -2.54. The lowest BCUT2D eigenvalue weighted by molar-refractivity contribution is -0.146. The number of carbonyl (C=O) groups excluding carboxylic acids is 3. The fraction of sp³-hybridized carbons (Fsp3) is 0.222. The van der Waals surface area contributed by atoms with Crippen molar-refractivity contribution < 1.29 is 14.4 Å². The summed E-state index contributed by atoms with van der Waals surface area (Å²) < 4.78 is 0. The van der Waals surface area contributed by atoms with Crippen molar-refractivity contribution in [2.75, 3.05) is 5.32 Å². The number of hydrogen-bond donors (Lipinski definition) is 1. The second kappa shape index (κ2) is 7.96. The van der Waals surface area contributed by atoms with Gasteiger partial charge in [0.15, 0.2) is 0 Å². The topological polar surface area (TPSA) is 66.5 Å². The number of alkyl halides is 2. The summed E-state index contributed by atoms with van der Waals surface area (Å²) in [4.78, 5) is 39.5. The van der Waals surface area contributed by atoms with Crippen LogP contribution in [0.1, 0.15) is 29.2 Å². The van der Waals surface area contributed by atoms with Crippen molar-refractivity contribution in [2.24, 2.45) is 11.8 Å². The molecule has 3 aliphatic carbocycles. The number of rotatable bonds is 3. The van der Waals surface area contributed by atoms with E-state index >= 15 is 0 Å². The molecule has 9 heteroatoms. The Morgan fingerprint density at radius 2 is 1.28 bits per heavy atom. The van der Waals surface area contributed by atoms with Crippen molar-refractivity contribution in [3.8, 4) is 0 Å². The van der Waals surface area contributed by atoms with Gasteiger partial charge in [-0.1, -0.05) is 71.7 Å². The van der Waals surface area contributed by atoms with Gasteiger partial charge >= 0.3 is 0 Å². The molecule has 36 heavy (non-hydrogen) atoms. The molecule has 7 rings (SSSR count). The number of nitrogens with zero attached hydrogens (tertiary/aromatic N) is 1. The lowest BCUT2D eigenvalue weighted by Crippen LogP contribution is -2.57. The maximum absolute atomic E-state index is 14.0. The fourth-order valence-corrected chi connectivity index (χ4v) is 7.57. The molecular weight excluding hydrogens is 542 g/mol. The minimum absolute atomic E-state index is 0.235. The molecule has 0 aromatic heterocycles. The molecule has 0 spiro atoms. The molecule has 3 amide bonds. The number of nitrogens with one attached hydrogen (secondary N) is 1. The van der Waals surface area contributed by atoms with Crippen molar-refractivity contribution in [3.63, 3.8) is 0 Å². The maximum atomic E-state index is 14.0. The van der Waals surface area contributed by atoms with Crippen LogP contribution < -0.4 is 5.32 Å². The number of amides is 3. The zero-order chi connectivity index (χ0) is 25.6. The van der Waals surface area contributed by atoms with Gasteiger partial charge in [0.1, 0.15) is 15.8 Å². The molecule has 5 nitrogen and oxygen atoms in total. The van der Waals surface area contributed by atoms with E-state index in [0.717, 1.165) is 4.90 Å². The Morgan fingerprint density at radius 3 is 1.69 bits per heavy atom. The van der Waals surface area contributed by atoms with E-state index in [2.05, 4.69) is 5.32 Å². The Kier molecular flexibility index (Phi) is 5.27. The van der Waals surface area contributed by atoms with E-state index in [1.165, 1.54) is 13.0 Å². The average Bonchev–Trinajstić information content (AvgIpc) is 3.14. The second-order valence-corrected chi connectivity index (χ2v) is 11.3. The first kappa shape index (κ1) is 23.8. The highest BCUT2D eigenvalue weighted by Crippen LogP contribution is 2.69. The summed E-state index contributed by atoms with van der Waals surface area (Å²) in [6.07, 6.45) is 0. The van der Waals surface area contributed by atoms with Crippen molar-refractivity contribution in [2.45, 2.75) is 22.7 Å². The van der Waals surface area contributed by atoms with Crippen molar-refractivity contribution >= 4 is 69.8 Å². The molecule has 1 saturated heterocycles. The Bertz CT molecular complexity index is 1370. The van der Waals surface area contributed by atoms with Crippen molar-refractivity contribution in [1.82, 2.24) is 4.90 Å². The summed E-state index contributed by atoms with van der Waals surface area (Å²) in [5, 5.41) is 3.33. The monoisotopic (exact) mass is 558 g/mol. The highest BCUT2D eigenvalue weighted by atomic mass is 35.5. The van der Waals surface area contributed by atoms with Crippen LogP contribution in [0.4, 0.5) is 5.69 Å². The first-order valence-corrected chi connectivity index (χ1v) is 12.8. The third kappa shape index (κ3) is 2.89. The highest BCUT2D eigenvalue weighted by Gasteiger charge is 2.73. The molecule has 0 unspecified atom stereocenters. The van der Waals surface area contributed by atoms with Crippen LogP contribution in [0, 0.1) is 11.8 Å². The predicted molar refractivity (Wildman–Crippen MR) is 140 cm³/mol. The van der Waals surface area contributed by atoms with Gasteiger partial charge in [0.05, 0.1) is 22.5 Å². The van der Waals surface area contributed by atoms with Crippen LogP contribution in [0.3, 0.4) is 0 Å². The van der Waals surface area contributed by atoms with Gasteiger partial charge < -0.3 is 5.32 Å². The van der Waals surface area contributed by atoms with Gasteiger partial charge in [-0.05, 0) is 47.4 Å². The summed E-state index contributed by atoms with van der Waals surface area (Å²) in [5.74, 6) is -3.57. The van der Waals surface area contributed by atoms with Gasteiger partial charge in [0.2, 0.25) is 17.7 Å². The zero-order valence-corrected chi connectivity index (χ0v) is 21.8. The first-order valence-electron chi connectivity index (χ1n) is 11.3. The number of anilines is 1. The summed E-state index contributed by atoms with van der Waals surface area (Å²) >= 11 is 27.0. The van der Waals surface area contributed by atoms with Crippen LogP contribution in [-0.2, 0) is 24.1 Å². The smallest absolute Gasteiger partial charge is 0.247 e. The summed E-state index contributed by atoms with van der Waals surface area (Å²) in [7, 11) is 0. The molecule has 2 bridgehead atoms. The number of hydrogen-bond acceptors (Lipinski definition) is 3. The number of likely N-dealkylation sites (tertiary alicyclic amines) is 1. The van der Waals surface area contributed by atoms with E-state index in [-0.39, 0.29) is 5.02 Å². The summed E-state index contributed by atoms with van der Waals surface area (Å²) in [6.45, 7) is 1.50. The Hall–Kier alpha value is -2.57. The third-order valence-corrected chi connectivity index (χ3v) is 9.41. The van der Waals surface area contributed by atoms with Gasteiger partial charge in [-0.2, -0.15) is 0 Å². The normalized spacial score (nSPS) is 28.4. The molecule has 3 aromatic carbocycles. The minimum Gasteiger partial charge on any atom is -0.323 e. The summed E-state index contributed by atoms with van der Waals surface area (Å²) in [5.41, 5.74) is 3.13. The fourth-order valence-electron chi connectivity index (χ4n) is 6.02. The molecule has 1 heterocycles. The summed E-state index contributed by atoms with van der Waals surface area (Å²) in [6, 6.07) is 18.3. The quantitative estimate of drug-likeness (QED) is 0.320. The van der Waals surface area contributed by atoms with E-state index in [1.54, 1.807) is 12.1 Å². The molecule has 3 aromatic rings. The molecule has 0 saturated carbocycles. The Labute approximate surface area is 227 Å². The average molecular weight is 560 g/mol. The zero-order valence-electron chi connectivity index (χ0n) is 18.8. The van der Waals surface area contributed by atoms with Crippen LogP contribution in [0.2, 0.25) is 10.0 Å². The van der Waals surface area contributed by atoms with Crippen LogP contribution in [-0.4, -0.2) is 28.7 Å². The number of halogens is 4. The van der Waals surface area contributed by atoms with Crippen LogP contribution in [0.25, 0.3) is 0 Å². The molecule has 1 N–H and O–H groups in total. The van der Waals surface area contributed by atoms with Crippen molar-refractivity contribution in [3.05, 3.63) is 99.0 Å². The molecule has 1 aliphatic heterocycles. The van der Waals surface area contributed by atoms with Crippen LogP contribution in [0.5, 0.6) is 0 Å². The van der Waals surface area contributed by atoms with Crippen LogP contribution >= 0.6 is 46.4 Å². The second-order valence-electron chi connectivity index (χ2n) is 9.31. The molecule has 3 atom stereocenters. The third-order valence-electron chi connectivity index (χ3n) is 7.58. The van der Waals surface area contributed by atoms with E-state index < -0.39 is 45.3 Å². The molecule has 1 fully saturated rings. The molecule has 0 radical (unpaired) electrons. The lowest BCUT2D eigenvalue weighted by atomic mass is 9.54. The number of carbonyl (C=O) groups is 3. The Morgan fingerprint density at radius 1 is 0.833 bits per heavy atom. The predicted octanol–water partition coefficient (Wildman–Crippen LogP) is 5.91. The molecule has 182 valence electrons. The van der Waals surface area contributed by atoms with Crippen molar-refractivity contribution in [1.29, 1.82) is 0 Å². The molecule has 4 aliphatic rings.